The summed E-state index contributed by atoms with van der Waals surface area (Å²) in [5.74, 6) is 1.89. The van der Waals surface area contributed by atoms with Crippen LogP contribution in [-0.2, 0) is 19.0 Å². The van der Waals surface area contributed by atoms with Crippen LogP contribution in [0.4, 0.5) is 14.4 Å². The number of carbonyl (C=O) groups excluding carboxylic acids is 4. The Morgan fingerprint density at radius 3 is 1.86 bits per heavy atom. The van der Waals surface area contributed by atoms with Crippen LogP contribution in [0.2, 0.25) is 0 Å². The molecule has 6 heterocycles. The van der Waals surface area contributed by atoms with Crippen LogP contribution in [0.5, 0.6) is 0 Å². The van der Waals surface area contributed by atoms with Gasteiger partial charge in [0, 0.05) is 69.1 Å². The molecular weight excluding hydrogens is 748 g/mol. The van der Waals surface area contributed by atoms with Gasteiger partial charge in [0.25, 0.3) is 0 Å². The number of rotatable bonds is 5. The number of nitrogens with zero attached hydrogens (tertiary/aromatic N) is 4. The first-order valence-electron chi connectivity index (χ1n) is 22.3. The first kappa shape index (κ1) is 45.7. The van der Waals surface area contributed by atoms with E-state index in [1.54, 1.807) is 11.8 Å². The molecule has 0 aromatic rings. The first-order chi connectivity index (χ1) is 26.8. The molecule has 0 unspecified atom stereocenters. The predicted molar refractivity (Wildman–Crippen MR) is 223 cm³/mol. The van der Waals surface area contributed by atoms with Gasteiger partial charge in [-0.05, 0) is 162 Å². The molecule has 2 saturated carbocycles. The quantitative estimate of drug-likeness (QED) is 0.298. The third-order valence-electron chi connectivity index (χ3n) is 14.0. The molecule has 13 nitrogen and oxygen atoms in total. The van der Waals surface area contributed by atoms with Gasteiger partial charge in [-0.3, -0.25) is 4.79 Å². The van der Waals surface area contributed by atoms with Crippen molar-refractivity contribution in [3.05, 3.63) is 0 Å². The molecule has 0 aromatic carbocycles. The number of ether oxygens (including phenoxy) is 3. The lowest BCUT2D eigenvalue weighted by atomic mass is 9.64. The van der Waals surface area contributed by atoms with Crippen molar-refractivity contribution in [2.24, 2.45) is 22.7 Å². The Labute approximate surface area is 348 Å². The van der Waals surface area contributed by atoms with E-state index in [9.17, 15) is 19.2 Å². The fourth-order valence-corrected chi connectivity index (χ4v) is 11.1. The van der Waals surface area contributed by atoms with E-state index >= 15 is 0 Å². The molecule has 2 spiro atoms. The van der Waals surface area contributed by atoms with Gasteiger partial charge in [0.2, 0.25) is 0 Å². The summed E-state index contributed by atoms with van der Waals surface area (Å²) in [6.45, 7) is 20.5. The average molecular weight is 824 g/mol. The van der Waals surface area contributed by atoms with Gasteiger partial charge in [0.15, 0.2) is 0 Å². The number of amides is 3. The average Bonchev–Trinajstić information content (AvgIpc) is 3.98. The predicted octanol–water partition coefficient (Wildman–Crippen LogP) is 6.47. The van der Waals surface area contributed by atoms with Crippen molar-refractivity contribution in [1.82, 2.24) is 30.2 Å². The smallest absolute Gasteiger partial charge is 0.410 e. The van der Waals surface area contributed by atoms with Crippen LogP contribution in [-0.4, -0.2) is 146 Å². The molecule has 8 aliphatic rings. The zero-order valence-electron chi connectivity index (χ0n) is 35.8. The molecule has 14 heteroatoms. The van der Waals surface area contributed by atoms with Crippen LogP contribution < -0.4 is 10.6 Å². The summed E-state index contributed by atoms with van der Waals surface area (Å²) < 4.78 is 15.6. The third kappa shape index (κ3) is 11.9. The molecule has 8 rings (SSSR count). The zero-order chi connectivity index (χ0) is 39.9. The zero-order valence-corrected chi connectivity index (χ0v) is 36.6. The number of hydrogen-bond donors (Lipinski definition) is 2. The van der Waals surface area contributed by atoms with Crippen LogP contribution in [0.1, 0.15) is 125 Å². The fraction of sp³-hybridized carbons (Fsp3) is 0.907. The molecule has 2 aliphatic carbocycles. The number of Topliss-reactive ketones (excluding diaryl/α,β-unsaturated/α-hetero) is 1. The number of nitrogens with one attached hydrogen (secondary N) is 2. The second-order valence-electron chi connectivity index (χ2n) is 19.2. The van der Waals surface area contributed by atoms with E-state index in [1.807, 2.05) is 37.5 Å². The van der Waals surface area contributed by atoms with Crippen molar-refractivity contribution < 1.29 is 33.4 Å². The maximum Gasteiger partial charge on any atom is 0.410 e. The molecule has 0 bridgehead atoms. The van der Waals surface area contributed by atoms with E-state index in [2.05, 4.69) is 15.5 Å². The SMILES string of the molecule is CC(C)(C)OC(=O)N1CCC[C@H]1C1CCNCC1.CCOC(=O)N1CCC2(CC(=O)C2)C1.CCOC(=O)N1CCC2(CC(N3CCC([C@@H]4CCCN4)CC3)C2)C1.Cl. The van der Waals surface area contributed by atoms with Crippen molar-refractivity contribution in [1.29, 1.82) is 0 Å². The van der Waals surface area contributed by atoms with Gasteiger partial charge in [0.05, 0.1) is 13.2 Å². The number of halogens is 1. The molecule has 57 heavy (non-hydrogen) atoms. The molecule has 0 aromatic heterocycles. The highest BCUT2D eigenvalue weighted by Gasteiger charge is 2.52. The van der Waals surface area contributed by atoms with Crippen molar-refractivity contribution >= 4 is 36.5 Å². The highest BCUT2D eigenvalue weighted by molar-refractivity contribution is 5.86. The summed E-state index contributed by atoms with van der Waals surface area (Å²) in [6, 6.07) is 1.97. The molecule has 326 valence electrons. The Morgan fingerprint density at radius 2 is 1.32 bits per heavy atom. The topological polar surface area (TPSA) is 133 Å². The minimum Gasteiger partial charge on any atom is -0.450 e. The van der Waals surface area contributed by atoms with Gasteiger partial charge in [-0.1, -0.05) is 0 Å². The monoisotopic (exact) mass is 823 g/mol. The Balaban J connectivity index is 0.000000168. The lowest BCUT2D eigenvalue weighted by molar-refractivity contribution is -0.131. The van der Waals surface area contributed by atoms with E-state index in [-0.39, 0.29) is 36.1 Å². The molecule has 0 radical (unpaired) electrons. The van der Waals surface area contributed by atoms with E-state index < -0.39 is 5.60 Å². The number of hydrogen-bond acceptors (Lipinski definition) is 10. The molecule has 2 atom stereocenters. The van der Waals surface area contributed by atoms with Crippen LogP contribution >= 0.6 is 12.4 Å². The molecular formula is C43H75ClN6O7. The van der Waals surface area contributed by atoms with Crippen molar-refractivity contribution in [2.45, 2.75) is 148 Å². The molecule has 2 N–H and O–H groups in total. The summed E-state index contributed by atoms with van der Waals surface area (Å²) >= 11 is 0. The standard InChI is InChI=1S/C19H33N3O2.C14H26N2O2.C10H15NO3.ClH/c1-2-24-18(23)22-11-7-19(14-22)12-16(13-19)21-9-5-15(6-10-21)17-4-3-8-20-17;1-14(2,3)18-13(17)16-10-4-5-12(16)11-6-8-15-9-7-11;1-2-14-9(13)11-4-3-10(7-11)5-8(12)6-10;/h15-17,20H,2-14H2,1H3;11-12,15H,4-10H2,1-3H3;2-7H2,1H3;1H/t16?,17-,19?;12-;;/m00../s1. The van der Waals surface area contributed by atoms with Crippen LogP contribution in [0, 0.1) is 22.7 Å². The van der Waals surface area contributed by atoms with Gasteiger partial charge in [0.1, 0.15) is 11.4 Å². The Morgan fingerprint density at radius 1 is 0.719 bits per heavy atom. The largest absolute Gasteiger partial charge is 0.450 e. The number of ketones is 1. The van der Waals surface area contributed by atoms with Crippen LogP contribution in [0.3, 0.4) is 0 Å². The van der Waals surface area contributed by atoms with Gasteiger partial charge in [-0.15, -0.1) is 12.4 Å². The summed E-state index contributed by atoms with van der Waals surface area (Å²) in [6.07, 6.45) is 15.7. The van der Waals surface area contributed by atoms with Crippen LogP contribution in [0.15, 0.2) is 0 Å². The van der Waals surface area contributed by atoms with Crippen molar-refractivity contribution in [2.75, 3.05) is 78.7 Å². The molecule has 3 amide bonds. The normalized spacial score (nSPS) is 30.1. The summed E-state index contributed by atoms with van der Waals surface area (Å²) in [4.78, 5) is 54.8. The third-order valence-corrected chi connectivity index (χ3v) is 14.0. The lowest BCUT2D eigenvalue weighted by Gasteiger charge is -2.52. The second kappa shape index (κ2) is 20.3. The lowest BCUT2D eigenvalue weighted by Crippen LogP contribution is -2.55. The fourth-order valence-electron chi connectivity index (χ4n) is 11.1. The summed E-state index contributed by atoms with van der Waals surface area (Å²) in [5.41, 5.74) is 0.128. The summed E-state index contributed by atoms with van der Waals surface area (Å²) in [7, 11) is 0. The Hall–Kier alpha value is -2.35. The minimum atomic E-state index is -0.391. The van der Waals surface area contributed by atoms with Gasteiger partial charge in [-0.25, -0.2) is 14.4 Å². The maximum atomic E-state index is 12.2. The maximum absolute atomic E-state index is 12.2. The van der Waals surface area contributed by atoms with E-state index in [0.29, 0.717) is 55.8 Å². The highest BCUT2D eigenvalue weighted by atomic mass is 35.5. The molecule has 8 fully saturated rings. The minimum absolute atomic E-state index is 0. The van der Waals surface area contributed by atoms with Gasteiger partial charge in [-0.2, -0.15) is 0 Å². The number of piperidine rings is 2. The van der Waals surface area contributed by atoms with Crippen molar-refractivity contribution in [3.8, 4) is 0 Å². The first-order valence-corrected chi connectivity index (χ1v) is 22.3. The molecule has 6 aliphatic heterocycles. The summed E-state index contributed by atoms with van der Waals surface area (Å²) in [5, 5.41) is 7.08. The number of carbonyl (C=O) groups is 4. The van der Waals surface area contributed by atoms with Crippen LogP contribution in [0.25, 0.3) is 0 Å². The molecule has 6 saturated heterocycles. The van der Waals surface area contributed by atoms with Gasteiger partial charge < -0.3 is 44.4 Å². The van der Waals surface area contributed by atoms with Crippen molar-refractivity contribution in [3.63, 3.8) is 0 Å². The van der Waals surface area contributed by atoms with Gasteiger partial charge >= 0.3 is 18.3 Å². The number of likely N-dealkylation sites (tertiary alicyclic amines) is 4. The van der Waals surface area contributed by atoms with E-state index in [0.717, 1.165) is 76.5 Å². The Bertz CT molecular complexity index is 1330. The highest BCUT2D eigenvalue weighted by Crippen LogP contribution is 2.51. The second-order valence-corrected chi connectivity index (χ2v) is 19.2. The Kier molecular flexibility index (Phi) is 16.3. The van der Waals surface area contributed by atoms with E-state index in [1.165, 1.54) is 77.4 Å². The van der Waals surface area contributed by atoms with E-state index in [4.69, 9.17) is 14.2 Å².